The Morgan fingerprint density at radius 1 is 1.00 bits per heavy atom. The third kappa shape index (κ3) is 3.60. The summed E-state index contributed by atoms with van der Waals surface area (Å²) in [6.45, 7) is 6.26. The summed E-state index contributed by atoms with van der Waals surface area (Å²) in [4.78, 5) is 4.98. The van der Waals surface area contributed by atoms with Gasteiger partial charge in [0.05, 0.1) is 12.6 Å². The predicted octanol–water partition coefficient (Wildman–Crippen LogP) is 4.30. The number of hydrogen-bond acceptors (Lipinski definition) is 4. The number of halogens is 1. The molecule has 3 fully saturated rings. The van der Waals surface area contributed by atoms with Crippen molar-refractivity contribution in [2.45, 2.75) is 81.9 Å². The van der Waals surface area contributed by atoms with Gasteiger partial charge in [0.25, 0.3) is 0 Å². The topological polar surface area (TPSA) is 35.9 Å². The first kappa shape index (κ1) is 21.1. The van der Waals surface area contributed by atoms with Gasteiger partial charge in [0.1, 0.15) is 17.2 Å². The van der Waals surface area contributed by atoms with Crippen LogP contribution in [0.1, 0.15) is 70.3 Å². The van der Waals surface area contributed by atoms with Crippen molar-refractivity contribution in [3.8, 4) is 5.75 Å². The molecular weight excluding hydrogens is 367 g/mol. The number of nitrogens with zero attached hydrogens (tertiary/aromatic N) is 2. The van der Waals surface area contributed by atoms with Crippen LogP contribution in [-0.2, 0) is 5.60 Å². The Balaban J connectivity index is 1.85. The van der Waals surface area contributed by atoms with Gasteiger partial charge in [-0.2, -0.15) is 0 Å². The predicted molar refractivity (Wildman–Crippen MR) is 114 cm³/mol. The molecule has 3 atom stereocenters. The molecule has 162 valence electrons. The third-order valence-electron chi connectivity index (χ3n) is 7.90. The number of methoxy groups -OCH3 is 1. The number of benzene rings is 1. The smallest absolute Gasteiger partial charge is 0.127 e. The standard InChI is InChI=1S/C24H37FN2O2/c1-23(27-16-7-4-8-17-27)13-9-10-22(26-14-5-3-6-15-26)24(23,28)20-18-19(25)11-12-21(20)29-2/h11-12,18,22,28H,3-10,13-17H2,1-2H3. The molecule has 5 heteroatoms. The molecule has 0 radical (unpaired) electrons. The minimum absolute atomic E-state index is 0.0147. The van der Waals surface area contributed by atoms with Gasteiger partial charge in [-0.3, -0.25) is 9.80 Å². The van der Waals surface area contributed by atoms with Crippen molar-refractivity contribution in [3.63, 3.8) is 0 Å². The number of rotatable bonds is 4. The van der Waals surface area contributed by atoms with Gasteiger partial charge in [0.2, 0.25) is 0 Å². The highest BCUT2D eigenvalue weighted by molar-refractivity contribution is 5.43. The van der Waals surface area contributed by atoms with E-state index in [2.05, 4.69) is 16.7 Å². The minimum Gasteiger partial charge on any atom is -0.496 e. The average molecular weight is 405 g/mol. The van der Waals surface area contributed by atoms with Gasteiger partial charge < -0.3 is 9.84 Å². The number of aliphatic hydroxyl groups is 1. The Labute approximate surface area is 175 Å². The monoisotopic (exact) mass is 404 g/mol. The van der Waals surface area contributed by atoms with E-state index in [1.165, 1.54) is 50.7 Å². The van der Waals surface area contributed by atoms with Gasteiger partial charge in [0, 0.05) is 11.6 Å². The lowest BCUT2D eigenvalue weighted by Crippen LogP contribution is -2.71. The van der Waals surface area contributed by atoms with E-state index < -0.39 is 11.1 Å². The van der Waals surface area contributed by atoms with Crippen LogP contribution in [0.3, 0.4) is 0 Å². The Morgan fingerprint density at radius 2 is 1.66 bits per heavy atom. The quantitative estimate of drug-likeness (QED) is 0.811. The first-order chi connectivity index (χ1) is 14.0. The first-order valence-electron chi connectivity index (χ1n) is 11.6. The lowest BCUT2D eigenvalue weighted by molar-refractivity contribution is -0.186. The maximum absolute atomic E-state index is 14.5. The minimum atomic E-state index is -1.17. The molecule has 1 aliphatic carbocycles. The van der Waals surface area contributed by atoms with Crippen LogP contribution in [0.25, 0.3) is 0 Å². The normalized spacial score (nSPS) is 34.8. The van der Waals surface area contributed by atoms with Crippen LogP contribution in [-0.4, -0.2) is 59.8 Å². The van der Waals surface area contributed by atoms with E-state index in [0.29, 0.717) is 11.3 Å². The summed E-state index contributed by atoms with van der Waals surface area (Å²) in [7, 11) is 1.62. The number of ether oxygens (including phenoxy) is 1. The Kier molecular flexibility index (Phi) is 6.19. The molecule has 1 aromatic rings. The fraction of sp³-hybridized carbons (Fsp3) is 0.750. The molecule has 0 amide bonds. The van der Waals surface area contributed by atoms with Crippen molar-refractivity contribution in [1.29, 1.82) is 0 Å². The molecule has 3 unspecified atom stereocenters. The lowest BCUT2D eigenvalue weighted by atomic mass is 9.62. The number of likely N-dealkylation sites (tertiary alicyclic amines) is 2. The van der Waals surface area contributed by atoms with E-state index in [0.717, 1.165) is 45.4 Å². The second-order valence-corrected chi connectivity index (χ2v) is 9.44. The summed E-state index contributed by atoms with van der Waals surface area (Å²) in [6, 6.07) is 4.63. The van der Waals surface area contributed by atoms with Crippen LogP contribution < -0.4 is 4.74 Å². The highest BCUT2D eigenvalue weighted by Crippen LogP contribution is 2.52. The first-order valence-corrected chi connectivity index (χ1v) is 11.6. The van der Waals surface area contributed by atoms with Crippen molar-refractivity contribution in [2.24, 2.45) is 0 Å². The summed E-state index contributed by atoms with van der Waals surface area (Å²) in [5.74, 6) is 0.291. The second-order valence-electron chi connectivity index (χ2n) is 9.44. The van der Waals surface area contributed by atoms with E-state index in [9.17, 15) is 9.50 Å². The average Bonchev–Trinajstić information content (AvgIpc) is 2.77. The van der Waals surface area contributed by atoms with E-state index in [-0.39, 0.29) is 11.9 Å². The van der Waals surface area contributed by atoms with Crippen LogP contribution in [0.5, 0.6) is 5.75 Å². The molecule has 29 heavy (non-hydrogen) atoms. The Morgan fingerprint density at radius 3 is 2.31 bits per heavy atom. The molecule has 4 nitrogen and oxygen atoms in total. The lowest BCUT2D eigenvalue weighted by Gasteiger charge is -2.61. The molecule has 2 saturated heterocycles. The Bertz CT molecular complexity index is 702. The number of hydrogen-bond donors (Lipinski definition) is 1. The second kappa shape index (κ2) is 8.52. The summed E-state index contributed by atoms with van der Waals surface area (Å²) >= 11 is 0. The van der Waals surface area contributed by atoms with Crippen LogP contribution >= 0.6 is 0 Å². The molecule has 0 aromatic heterocycles. The van der Waals surface area contributed by atoms with Crippen LogP contribution in [0.4, 0.5) is 4.39 Å². The van der Waals surface area contributed by atoms with E-state index in [4.69, 9.17) is 4.74 Å². The molecular formula is C24H37FN2O2. The van der Waals surface area contributed by atoms with Gasteiger partial charge in [0.15, 0.2) is 0 Å². The fourth-order valence-electron chi connectivity index (χ4n) is 6.31. The molecule has 2 aliphatic heterocycles. The summed E-state index contributed by atoms with van der Waals surface area (Å²) in [5, 5.41) is 12.7. The van der Waals surface area contributed by atoms with E-state index in [1.54, 1.807) is 13.2 Å². The molecule has 3 aliphatic rings. The molecule has 0 bridgehead atoms. The van der Waals surface area contributed by atoms with Crippen molar-refractivity contribution >= 4 is 0 Å². The highest BCUT2D eigenvalue weighted by atomic mass is 19.1. The largest absolute Gasteiger partial charge is 0.496 e. The van der Waals surface area contributed by atoms with E-state index >= 15 is 0 Å². The fourth-order valence-corrected chi connectivity index (χ4v) is 6.31. The SMILES string of the molecule is COc1ccc(F)cc1C1(O)C(N2CCCCC2)CCCC1(C)N1CCCCC1. The van der Waals surface area contributed by atoms with Gasteiger partial charge in [-0.25, -0.2) is 4.39 Å². The summed E-state index contributed by atoms with van der Waals surface area (Å²) in [5.41, 5.74) is -0.981. The van der Waals surface area contributed by atoms with Gasteiger partial charge in [-0.15, -0.1) is 0 Å². The maximum atomic E-state index is 14.5. The van der Waals surface area contributed by atoms with Crippen molar-refractivity contribution < 1.29 is 14.2 Å². The van der Waals surface area contributed by atoms with Crippen LogP contribution in [0.2, 0.25) is 0 Å². The molecule has 1 aromatic carbocycles. The highest BCUT2D eigenvalue weighted by Gasteiger charge is 2.60. The summed E-state index contributed by atoms with van der Waals surface area (Å²) < 4.78 is 20.1. The van der Waals surface area contributed by atoms with Crippen molar-refractivity contribution in [2.75, 3.05) is 33.3 Å². The molecule has 4 rings (SSSR count). The molecule has 0 spiro atoms. The number of piperidine rings is 2. The zero-order valence-corrected chi connectivity index (χ0v) is 18.1. The molecule has 2 heterocycles. The van der Waals surface area contributed by atoms with Gasteiger partial charge in [-0.1, -0.05) is 12.8 Å². The van der Waals surface area contributed by atoms with Crippen LogP contribution in [0.15, 0.2) is 18.2 Å². The van der Waals surface area contributed by atoms with Crippen molar-refractivity contribution in [3.05, 3.63) is 29.6 Å². The van der Waals surface area contributed by atoms with Crippen molar-refractivity contribution in [1.82, 2.24) is 9.80 Å². The zero-order valence-electron chi connectivity index (χ0n) is 18.1. The zero-order chi connectivity index (χ0) is 20.5. The van der Waals surface area contributed by atoms with Gasteiger partial charge >= 0.3 is 0 Å². The maximum Gasteiger partial charge on any atom is 0.127 e. The summed E-state index contributed by atoms with van der Waals surface area (Å²) in [6.07, 6.45) is 10.2. The van der Waals surface area contributed by atoms with Gasteiger partial charge in [-0.05, 0) is 96.2 Å². The van der Waals surface area contributed by atoms with E-state index in [1.807, 2.05) is 0 Å². The third-order valence-corrected chi connectivity index (χ3v) is 7.90. The Hall–Kier alpha value is -1.17. The van der Waals surface area contributed by atoms with Crippen LogP contribution in [0, 0.1) is 5.82 Å². The molecule has 1 saturated carbocycles. The molecule has 1 N–H and O–H groups in total.